The van der Waals surface area contributed by atoms with Crippen LogP contribution in [-0.2, 0) is 9.84 Å². The second-order valence-corrected chi connectivity index (χ2v) is 7.16. The first kappa shape index (κ1) is 15.1. The van der Waals surface area contributed by atoms with Crippen LogP contribution in [0.2, 0.25) is 0 Å². The van der Waals surface area contributed by atoms with Crippen molar-refractivity contribution < 1.29 is 22.7 Å². The van der Waals surface area contributed by atoms with E-state index in [1.165, 1.54) is 0 Å². The molecule has 100 valence electrons. The molecule has 0 amide bonds. The van der Waals surface area contributed by atoms with Crippen molar-refractivity contribution in [3.63, 3.8) is 0 Å². The molecule has 1 rings (SSSR count). The second-order valence-electron chi connectivity index (χ2n) is 4.25. The first-order valence-electron chi connectivity index (χ1n) is 5.10. The lowest BCUT2D eigenvalue weighted by Crippen LogP contribution is -2.15. The van der Waals surface area contributed by atoms with Crippen LogP contribution in [0.15, 0.2) is 21.5 Å². The highest BCUT2D eigenvalue weighted by Crippen LogP contribution is 2.26. The molecule has 1 aromatic rings. The summed E-state index contributed by atoms with van der Waals surface area (Å²) in [6, 6.07) is 2.12. The molecule has 0 saturated heterocycles. The summed E-state index contributed by atoms with van der Waals surface area (Å²) in [7, 11) is -3.84. The van der Waals surface area contributed by atoms with Gasteiger partial charge in [-0.2, -0.15) is 0 Å². The molecule has 0 aromatic heterocycles. The number of carboxylic acid groups (broad SMARTS) is 1. The lowest BCUT2D eigenvalue weighted by atomic mass is 10.2. The monoisotopic (exact) mass is 338 g/mol. The fourth-order valence-electron chi connectivity index (χ4n) is 1.47. The highest BCUT2D eigenvalue weighted by Gasteiger charge is 2.25. The predicted molar refractivity (Wildman–Crippen MR) is 68.0 cm³/mol. The minimum absolute atomic E-state index is 0.179. The molecule has 1 N–H and O–H groups in total. The molecule has 0 saturated carbocycles. The van der Waals surface area contributed by atoms with E-state index in [0.29, 0.717) is 0 Å². The van der Waals surface area contributed by atoms with Crippen molar-refractivity contribution in [3.8, 4) is 0 Å². The van der Waals surface area contributed by atoms with E-state index in [0.717, 1.165) is 12.1 Å². The Hall–Kier alpha value is -0.950. The van der Waals surface area contributed by atoms with Crippen molar-refractivity contribution in [2.75, 3.05) is 5.75 Å². The number of rotatable bonds is 4. The van der Waals surface area contributed by atoms with Gasteiger partial charge in [0.15, 0.2) is 15.7 Å². The summed E-state index contributed by atoms with van der Waals surface area (Å²) < 4.78 is 38.0. The summed E-state index contributed by atoms with van der Waals surface area (Å²) in [6.45, 7) is 3.37. The molecule has 0 aliphatic heterocycles. The van der Waals surface area contributed by atoms with Gasteiger partial charge in [0.2, 0.25) is 0 Å². The third kappa shape index (κ3) is 3.29. The maximum absolute atomic E-state index is 13.9. The van der Waals surface area contributed by atoms with Crippen molar-refractivity contribution in [1.29, 1.82) is 0 Å². The van der Waals surface area contributed by atoms with Crippen LogP contribution in [0.1, 0.15) is 24.2 Å². The average Bonchev–Trinajstić information content (AvgIpc) is 2.18. The van der Waals surface area contributed by atoms with E-state index in [2.05, 4.69) is 15.9 Å². The third-order valence-electron chi connectivity index (χ3n) is 2.12. The summed E-state index contributed by atoms with van der Waals surface area (Å²) in [5, 5.41) is 8.81. The van der Waals surface area contributed by atoms with Crippen LogP contribution in [0, 0.1) is 11.7 Å². The van der Waals surface area contributed by atoms with Gasteiger partial charge < -0.3 is 5.11 Å². The molecular formula is C11H12BrFO4S. The van der Waals surface area contributed by atoms with Gasteiger partial charge in [0.05, 0.1) is 11.3 Å². The van der Waals surface area contributed by atoms with Gasteiger partial charge >= 0.3 is 5.97 Å². The van der Waals surface area contributed by atoms with E-state index in [1.807, 2.05) is 0 Å². The molecule has 0 spiro atoms. The number of aromatic carboxylic acids is 1. The van der Waals surface area contributed by atoms with E-state index in [1.54, 1.807) is 13.8 Å². The van der Waals surface area contributed by atoms with Gasteiger partial charge in [-0.25, -0.2) is 17.6 Å². The summed E-state index contributed by atoms with van der Waals surface area (Å²) in [5.41, 5.74) is -0.660. The Bertz CT molecular complexity index is 581. The normalized spacial score (nSPS) is 11.8. The zero-order valence-electron chi connectivity index (χ0n) is 9.78. The zero-order valence-corrected chi connectivity index (χ0v) is 12.2. The summed E-state index contributed by atoms with van der Waals surface area (Å²) in [5.74, 6) is -3.14. The predicted octanol–water partition coefficient (Wildman–Crippen LogP) is 2.72. The van der Waals surface area contributed by atoms with Gasteiger partial charge in [-0.15, -0.1) is 0 Å². The smallest absolute Gasteiger partial charge is 0.338 e. The topological polar surface area (TPSA) is 71.4 Å². The molecule has 0 bridgehead atoms. The van der Waals surface area contributed by atoms with Gasteiger partial charge in [-0.1, -0.05) is 29.8 Å². The van der Waals surface area contributed by atoms with E-state index >= 15 is 0 Å². The quantitative estimate of drug-likeness (QED) is 0.916. The van der Waals surface area contributed by atoms with Crippen molar-refractivity contribution >= 4 is 31.7 Å². The van der Waals surface area contributed by atoms with Gasteiger partial charge in [-0.3, -0.25) is 0 Å². The van der Waals surface area contributed by atoms with Gasteiger partial charge in [-0.05, 0) is 18.1 Å². The Labute approximate surface area is 113 Å². The van der Waals surface area contributed by atoms with Crippen molar-refractivity contribution in [2.45, 2.75) is 18.7 Å². The molecule has 0 heterocycles. The largest absolute Gasteiger partial charge is 0.478 e. The van der Waals surface area contributed by atoms with E-state index in [9.17, 15) is 17.6 Å². The summed E-state index contributed by atoms with van der Waals surface area (Å²) >= 11 is 2.98. The number of halogens is 2. The number of carbonyl (C=O) groups is 1. The van der Waals surface area contributed by atoms with Crippen molar-refractivity contribution in [3.05, 3.63) is 28.0 Å². The molecule has 7 heteroatoms. The zero-order chi connectivity index (χ0) is 14.1. The molecule has 0 unspecified atom stereocenters. The number of carboxylic acids is 1. The van der Waals surface area contributed by atoms with Crippen LogP contribution in [0.3, 0.4) is 0 Å². The molecule has 0 radical (unpaired) electrons. The van der Waals surface area contributed by atoms with Crippen LogP contribution in [0.25, 0.3) is 0 Å². The number of sulfone groups is 1. The Morgan fingerprint density at radius 1 is 1.44 bits per heavy atom. The molecule has 0 fully saturated rings. The van der Waals surface area contributed by atoms with Gasteiger partial charge in [0, 0.05) is 4.47 Å². The number of benzene rings is 1. The van der Waals surface area contributed by atoms with Crippen molar-refractivity contribution in [2.24, 2.45) is 5.92 Å². The van der Waals surface area contributed by atoms with Gasteiger partial charge in [0.25, 0.3) is 0 Å². The Morgan fingerprint density at radius 2 is 2.00 bits per heavy atom. The lowest BCUT2D eigenvalue weighted by molar-refractivity contribution is 0.0691. The molecule has 4 nitrogen and oxygen atoms in total. The fourth-order valence-corrected chi connectivity index (χ4v) is 3.83. The van der Waals surface area contributed by atoms with E-state index in [-0.39, 0.29) is 16.1 Å². The van der Waals surface area contributed by atoms with Crippen LogP contribution in [0.4, 0.5) is 4.39 Å². The molecule has 0 aliphatic carbocycles. The third-order valence-corrected chi connectivity index (χ3v) is 4.65. The maximum atomic E-state index is 13.9. The summed E-state index contributed by atoms with van der Waals surface area (Å²) in [4.78, 5) is 10.2. The molecular weight excluding hydrogens is 327 g/mol. The van der Waals surface area contributed by atoms with Crippen LogP contribution in [-0.4, -0.2) is 25.2 Å². The second kappa shape index (κ2) is 5.36. The van der Waals surface area contributed by atoms with E-state index in [4.69, 9.17) is 5.11 Å². The standard InChI is InChI=1S/C11H12BrFO4S/c1-6(2)5-18(16,17)9-4-7(12)3-8(10(9)13)11(14)15/h3-4,6H,5H2,1-2H3,(H,14,15). The van der Waals surface area contributed by atoms with Crippen LogP contribution in [0.5, 0.6) is 0 Å². The van der Waals surface area contributed by atoms with Crippen molar-refractivity contribution in [1.82, 2.24) is 0 Å². The fraction of sp³-hybridized carbons (Fsp3) is 0.364. The Balaban J connectivity index is 3.47. The SMILES string of the molecule is CC(C)CS(=O)(=O)c1cc(Br)cc(C(=O)O)c1F. The highest BCUT2D eigenvalue weighted by atomic mass is 79.9. The average molecular weight is 339 g/mol. The summed E-state index contributed by atoms with van der Waals surface area (Å²) in [6.07, 6.45) is 0. The Morgan fingerprint density at radius 3 is 2.44 bits per heavy atom. The molecule has 1 aromatic carbocycles. The van der Waals surface area contributed by atoms with Crippen LogP contribution < -0.4 is 0 Å². The first-order chi connectivity index (χ1) is 8.15. The van der Waals surface area contributed by atoms with Crippen LogP contribution >= 0.6 is 15.9 Å². The van der Waals surface area contributed by atoms with Gasteiger partial charge in [0.1, 0.15) is 4.90 Å². The molecule has 0 aliphatic rings. The lowest BCUT2D eigenvalue weighted by Gasteiger charge is -2.10. The number of hydrogen-bond acceptors (Lipinski definition) is 3. The minimum Gasteiger partial charge on any atom is -0.478 e. The number of hydrogen-bond donors (Lipinski definition) is 1. The minimum atomic E-state index is -3.84. The first-order valence-corrected chi connectivity index (χ1v) is 7.54. The molecule has 0 atom stereocenters. The highest BCUT2D eigenvalue weighted by molar-refractivity contribution is 9.10. The molecule has 18 heavy (non-hydrogen) atoms. The van der Waals surface area contributed by atoms with E-state index < -0.39 is 32.1 Å². The Kier molecular flexibility index (Phi) is 4.50. The maximum Gasteiger partial charge on any atom is 0.338 e.